The first-order valence-electron chi connectivity index (χ1n) is 6.88. The van der Waals surface area contributed by atoms with Gasteiger partial charge in [-0.05, 0) is 57.9 Å². The number of hydrogen-bond acceptors (Lipinski definition) is 2. The zero-order valence-corrected chi connectivity index (χ0v) is 12.6. The standard InChI is InChI=1S/C16H28O2/c1-13(2)8-6-9-14(3)10-7-11-15(4)12-18-16(5)17/h8,12,14H,6-7,9-11H2,1-5H3/b15-12+. The minimum absolute atomic E-state index is 0.246. The quantitative estimate of drug-likeness (QED) is 0.345. The van der Waals surface area contributed by atoms with Crippen molar-refractivity contribution >= 4 is 5.97 Å². The number of carbonyl (C=O) groups is 1. The van der Waals surface area contributed by atoms with Gasteiger partial charge < -0.3 is 4.74 Å². The van der Waals surface area contributed by atoms with Crippen LogP contribution in [0.15, 0.2) is 23.5 Å². The first-order valence-corrected chi connectivity index (χ1v) is 6.88. The zero-order chi connectivity index (χ0) is 14.0. The number of esters is 1. The highest BCUT2D eigenvalue weighted by Crippen LogP contribution is 2.17. The Morgan fingerprint density at radius 1 is 1.17 bits per heavy atom. The monoisotopic (exact) mass is 252 g/mol. The van der Waals surface area contributed by atoms with Crippen LogP contribution in [0.25, 0.3) is 0 Å². The van der Waals surface area contributed by atoms with Crippen molar-refractivity contribution in [2.75, 3.05) is 0 Å². The van der Waals surface area contributed by atoms with Crippen molar-refractivity contribution in [3.8, 4) is 0 Å². The molecule has 0 aliphatic heterocycles. The van der Waals surface area contributed by atoms with Crippen molar-refractivity contribution in [2.24, 2.45) is 5.92 Å². The normalized spacial score (nSPS) is 13.1. The Morgan fingerprint density at radius 2 is 1.83 bits per heavy atom. The molecule has 0 aromatic heterocycles. The molecule has 0 saturated heterocycles. The number of ether oxygens (including phenoxy) is 1. The van der Waals surface area contributed by atoms with Gasteiger partial charge in [0, 0.05) is 6.92 Å². The van der Waals surface area contributed by atoms with Crippen LogP contribution in [0.1, 0.15) is 66.7 Å². The molecule has 2 nitrogen and oxygen atoms in total. The lowest BCUT2D eigenvalue weighted by Gasteiger charge is -2.10. The topological polar surface area (TPSA) is 26.3 Å². The third-order valence-corrected chi connectivity index (χ3v) is 2.91. The predicted molar refractivity (Wildman–Crippen MR) is 77.2 cm³/mol. The Kier molecular flexibility index (Phi) is 9.35. The summed E-state index contributed by atoms with van der Waals surface area (Å²) in [6.07, 6.45) is 9.75. The lowest BCUT2D eigenvalue weighted by Crippen LogP contribution is -1.95. The summed E-state index contributed by atoms with van der Waals surface area (Å²) in [5.41, 5.74) is 2.55. The Morgan fingerprint density at radius 3 is 2.39 bits per heavy atom. The van der Waals surface area contributed by atoms with Crippen molar-refractivity contribution in [3.63, 3.8) is 0 Å². The van der Waals surface area contributed by atoms with Gasteiger partial charge in [0.05, 0.1) is 6.26 Å². The van der Waals surface area contributed by atoms with Crippen molar-refractivity contribution in [1.82, 2.24) is 0 Å². The van der Waals surface area contributed by atoms with Crippen LogP contribution in [0.3, 0.4) is 0 Å². The molecular weight excluding hydrogens is 224 g/mol. The van der Waals surface area contributed by atoms with Crippen LogP contribution < -0.4 is 0 Å². The highest BCUT2D eigenvalue weighted by Gasteiger charge is 2.01. The number of hydrogen-bond donors (Lipinski definition) is 0. The Hall–Kier alpha value is -1.05. The Bertz CT molecular complexity index is 296. The van der Waals surface area contributed by atoms with Gasteiger partial charge in [0.15, 0.2) is 0 Å². The van der Waals surface area contributed by atoms with Crippen molar-refractivity contribution in [2.45, 2.75) is 66.7 Å². The van der Waals surface area contributed by atoms with Gasteiger partial charge in [-0.1, -0.05) is 25.0 Å². The van der Waals surface area contributed by atoms with E-state index in [4.69, 9.17) is 4.74 Å². The molecule has 0 radical (unpaired) electrons. The van der Waals surface area contributed by atoms with Gasteiger partial charge in [0.2, 0.25) is 0 Å². The second kappa shape index (κ2) is 9.93. The maximum Gasteiger partial charge on any atom is 0.307 e. The first kappa shape index (κ1) is 16.9. The van der Waals surface area contributed by atoms with E-state index in [9.17, 15) is 4.79 Å². The van der Waals surface area contributed by atoms with E-state index in [0.29, 0.717) is 0 Å². The van der Waals surface area contributed by atoms with Gasteiger partial charge in [-0.25, -0.2) is 0 Å². The molecule has 0 aliphatic carbocycles. The van der Waals surface area contributed by atoms with E-state index in [1.54, 1.807) is 6.26 Å². The summed E-state index contributed by atoms with van der Waals surface area (Å²) in [6, 6.07) is 0. The minimum atomic E-state index is -0.246. The maximum absolute atomic E-state index is 10.6. The SMILES string of the molecule is CC(=O)O/C=C(\C)CCCC(C)CCC=C(C)C. The highest BCUT2D eigenvalue weighted by molar-refractivity contribution is 5.66. The van der Waals surface area contributed by atoms with Gasteiger partial charge in [-0.2, -0.15) is 0 Å². The number of rotatable bonds is 8. The van der Waals surface area contributed by atoms with Crippen LogP contribution in [0.4, 0.5) is 0 Å². The second-order valence-corrected chi connectivity index (χ2v) is 5.43. The summed E-state index contributed by atoms with van der Waals surface area (Å²) < 4.78 is 4.84. The van der Waals surface area contributed by atoms with Crippen LogP contribution in [0, 0.1) is 5.92 Å². The van der Waals surface area contributed by atoms with E-state index in [1.165, 1.54) is 38.2 Å². The lowest BCUT2D eigenvalue weighted by atomic mass is 9.97. The summed E-state index contributed by atoms with van der Waals surface area (Å²) in [7, 11) is 0. The van der Waals surface area contributed by atoms with E-state index in [2.05, 4.69) is 26.8 Å². The molecule has 1 unspecified atom stereocenters. The number of allylic oxidation sites excluding steroid dienone is 3. The van der Waals surface area contributed by atoms with Crippen LogP contribution in [0.5, 0.6) is 0 Å². The van der Waals surface area contributed by atoms with Gasteiger partial charge >= 0.3 is 5.97 Å². The largest absolute Gasteiger partial charge is 0.435 e. The fourth-order valence-electron chi connectivity index (χ4n) is 1.77. The molecule has 18 heavy (non-hydrogen) atoms. The van der Waals surface area contributed by atoms with Crippen LogP contribution in [-0.2, 0) is 9.53 Å². The molecule has 2 heteroatoms. The van der Waals surface area contributed by atoms with Crippen LogP contribution in [0.2, 0.25) is 0 Å². The van der Waals surface area contributed by atoms with Crippen LogP contribution >= 0.6 is 0 Å². The fraction of sp³-hybridized carbons (Fsp3) is 0.688. The minimum Gasteiger partial charge on any atom is -0.435 e. The lowest BCUT2D eigenvalue weighted by molar-refractivity contribution is -0.135. The zero-order valence-electron chi connectivity index (χ0n) is 12.6. The molecular formula is C16H28O2. The molecule has 0 fully saturated rings. The van der Waals surface area contributed by atoms with Gasteiger partial charge in [0.1, 0.15) is 0 Å². The fourth-order valence-corrected chi connectivity index (χ4v) is 1.77. The summed E-state index contributed by atoms with van der Waals surface area (Å²) in [5.74, 6) is 0.520. The molecule has 0 amide bonds. The van der Waals surface area contributed by atoms with Crippen LogP contribution in [-0.4, -0.2) is 5.97 Å². The summed E-state index contributed by atoms with van der Waals surface area (Å²) in [5, 5.41) is 0. The van der Waals surface area contributed by atoms with E-state index in [-0.39, 0.29) is 5.97 Å². The van der Waals surface area contributed by atoms with Gasteiger partial charge in [-0.3, -0.25) is 4.79 Å². The molecule has 0 aromatic carbocycles. The van der Waals surface area contributed by atoms with E-state index >= 15 is 0 Å². The molecule has 0 saturated carbocycles. The third-order valence-electron chi connectivity index (χ3n) is 2.91. The smallest absolute Gasteiger partial charge is 0.307 e. The van der Waals surface area contributed by atoms with Gasteiger partial charge in [0.25, 0.3) is 0 Å². The Balaban J connectivity index is 3.67. The van der Waals surface area contributed by atoms with Crippen molar-refractivity contribution in [3.05, 3.63) is 23.5 Å². The molecule has 0 aromatic rings. The summed E-state index contributed by atoms with van der Waals surface area (Å²) >= 11 is 0. The maximum atomic E-state index is 10.6. The van der Waals surface area contributed by atoms with E-state index in [1.807, 2.05) is 6.92 Å². The summed E-state index contributed by atoms with van der Waals surface area (Å²) in [6.45, 7) is 10.0. The van der Waals surface area contributed by atoms with E-state index in [0.717, 1.165) is 17.9 Å². The number of carbonyl (C=O) groups excluding carboxylic acids is 1. The predicted octanol–water partition coefficient (Wildman–Crippen LogP) is 5.01. The molecule has 0 N–H and O–H groups in total. The van der Waals surface area contributed by atoms with Crippen molar-refractivity contribution < 1.29 is 9.53 Å². The molecule has 0 spiro atoms. The molecule has 0 aliphatic rings. The molecule has 0 bridgehead atoms. The van der Waals surface area contributed by atoms with Crippen molar-refractivity contribution in [1.29, 1.82) is 0 Å². The molecule has 0 heterocycles. The Labute approximate surface area is 112 Å². The first-order chi connectivity index (χ1) is 8.41. The highest BCUT2D eigenvalue weighted by atomic mass is 16.5. The average molecular weight is 252 g/mol. The average Bonchev–Trinajstić information content (AvgIpc) is 2.25. The summed E-state index contributed by atoms with van der Waals surface area (Å²) in [4.78, 5) is 10.6. The van der Waals surface area contributed by atoms with E-state index < -0.39 is 0 Å². The molecule has 104 valence electrons. The third kappa shape index (κ3) is 11.4. The molecule has 1 atom stereocenters. The second-order valence-electron chi connectivity index (χ2n) is 5.43. The molecule has 0 rings (SSSR count). The van der Waals surface area contributed by atoms with Gasteiger partial charge in [-0.15, -0.1) is 0 Å².